The van der Waals surface area contributed by atoms with E-state index in [9.17, 15) is 5.21 Å². The fourth-order valence-corrected chi connectivity index (χ4v) is 0.389. The molecule has 0 saturated heterocycles. The highest BCUT2D eigenvalue weighted by molar-refractivity contribution is 4.97. The minimum Gasteiger partial charge on any atom is -0.147 e. The lowest BCUT2D eigenvalue weighted by atomic mass is 10.4. The molecule has 1 radical (unpaired) electrons. The van der Waals surface area contributed by atoms with Gasteiger partial charge >= 0.3 is 0 Å². The summed E-state index contributed by atoms with van der Waals surface area (Å²) in [6.45, 7) is 1.82. The van der Waals surface area contributed by atoms with Crippen molar-refractivity contribution < 1.29 is 5.21 Å². The maximum atomic E-state index is 10.1. The van der Waals surface area contributed by atoms with Crippen LogP contribution in [0.1, 0.15) is 5.56 Å². The molecule has 0 N–H and O–H groups in total. The van der Waals surface area contributed by atoms with Gasteiger partial charge in [0.2, 0.25) is 0 Å². The van der Waals surface area contributed by atoms with Crippen LogP contribution in [0.2, 0.25) is 0 Å². The molecule has 0 fully saturated rings. The number of aryl methyl sites for hydroxylation is 1. The lowest BCUT2D eigenvalue weighted by molar-refractivity contribution is 0.0590. The van der Waals surface area contributed by atoms with Crippen LogP contribution in [0.3, 0.4) is 0 Å². The first-order chi connectivity index (χ1) is 3.29. The fourth-order valence-electron chi connectivity index (χ4n) is 0.389. The van der Waals surface area contributed by atoms with E-state index >= 15 is 0 Å². The predicted octanol–water partition coefficient (Wildman–Crippen LogP) is 0.385. The third-order valence-corrected chi connectivity index (χ3v) is 0.689. The predicted molar refractivity (Wildman–Crippen MR) is 23.0 cm³/mol. The summed E-state index contributed by atoms with van der Waals surface area (Å²) in [4.78, 5) is 0.537. The number of aromatic nitrogens is 2. The van der Waals surface area contributed by atoms with Crippen LogP contribution in [-0.4, -0.2) is 9.94 Å². The Kier molecular flexibility index (Phi) is 0.749. The van der Waals surface area contributed by atoms with E-state index in [1.807, 2.05) is 6.92 Å². The van der Waals surface area contributed by atoms with Crippen molar-refractivity contribution in [1.82, 2.24) is 9.94 Å². The van der Waals surface area contributed by atoms with Gasteiger partial charge in [0.15, 0.2) is 0 Å². The van der Waals surface area contributed by atoms with Gasteiger partial charge in [0.25, 0.3) is 0 Å². The summed E-state index contributed by atoms with van der Waals surface area (Å²) in [6.07, 6.45) is 2.94. The van der Waals surface area contributed by atoms with Gasteiger partial charge in [-0.25, -0.2) is 0 Å². The Morgan fingerprint density at radius 3 is 2.71 bits per heavy atom. The first kappa shape index (κ1) is 4.18. The third kappa shape index (κ3) is 0.707. The fraction of sp³-hybridized carbons (Fsp3) is 0.250. The lowest BCUT2D eigenvalue weighted by Crippen LogP contribution is -1.83. The van der Waals surface area contributed by atoms with Crippen LogP contribution in [0.25, 0.3) is 0 Å². The molecule has 0 aromatic carbocycles. The summed E-state index contributed by atoms with van der Waals surface area (Å²) in [6, 6.07) is 0. The molecule has 0 aliphatic carbocycles. The van der Waals surface area contributed by atoms with Crippen LogP contribution in [0, 0.1) is 6.92 Å². The SMILES string of the molecule is Cc1cnn([O])c1. The second-order valence-electron chi connectivity index (χ2n) is 1.42. The van der Waals surface area contributed by atoms with Gasteiger partial charge in [0.1, 0.15) is 0 Å². The van der Waals surface area contributed by atoms with Crippen molar-refractivity contribution in [3.63, 3.8) is 0 Å². The van der Waals surface area contributed by atoms with E-state index in [-0.39, 0.29) is 0 Å². The molecule has 3 nitrogen and oxygen atoms in total. The summed E-state index contributed by atoms with van der Waals surface area (Å²) in [5.74, 6) is 0. The molecule has 0 unspecified atom stereocenters. The molecule has 37 valence electrons. The molecule has 1 aromatic rings. The molecule has 0 aliphatic rings. The molecular weight excluding hydrogens is 92.1 g/mol. The van der Waals surface area contributed by atoms with Gasteiger partial charge in [-0.2, -0.15) is 0 Å². The van der Waals surface area contributed by atoms with Crippen molar-refractivity contribution in [3.8, 4) is 0 Å². The molecule has 0 aliphatic heterocycles. The Bertz CT molecular complexity index is 142. The summed E-state index contributed by atoms with van der Waals surface area (Å²) in [5, 5.41) is 13.5. The van der Waals surface area contributed by atoms with Crippen molar-refractivity contribution in [1.29, 1.82) is 0 Å². The molecule has 7 heavy (non-hydrogen) atoms. The Morgan fingerprint density at radius 1 is 1.86 bits per heavy atom. The molecule has 1 rings (SSSR count). The van der Waals surface area contributed by atoms with Gasteiger partial charge in [0, 0.05) is 0 Å². The number of nitrogens with zero attached hydrogens (tertiary/aromatic N) is 2. The van der Waals surface area contributed by atoms with Gasteiger partial charge < -0.3 is 0 Å². The molecule has 0 saturated carbocycles. The smallest absolute Gasteiger partial charge is 0.0745 e. The van der Waals surface area contributed by atoms with Crippen LogP contribution in [0.5, 0.6) is 0 Å². The zero-order valence-electron chi connectivity index (χ0n) is 3.96. The minimum absolute atomic E-state index is 0.537. The molecule has 1 heterocycles. The highest BCUT2D eigenvalue weighted by Crippen LogP contribution is 1.88. The second kappa shape index (κ2) is 1.26. The van der Waals surface area contributed by atoms with E-state index < -0.39 is 0 Å². The van der Waals surface area contributed by atoms with Crippen molar-refractivity contribution >= 4 is 0 Å². The summed E-state index contributed by atoms with van der Waals surface area (Å²) >= 11 is 0. The van der Waals surface area contributed by atoms with E-state index in [1.165, 1.54) is 12.4 Å². The topological polar surface area (TPSA) is 37.7 Å². The molecule has 0 amide bonds. The molecule has 0 atom stereocenters. The zero-order chi connectivity index (χ0) is 5.28. The van der Waals surface area contributed by atoms with E-state index in [1.54, 1.807) is 0 Å². The van der Waals surface area contributed by atoms with Gasteiger partial charge in [-0.1, -0.05) is 4.85 Å². The number of rotatable bonds is 0. The second-order valence-corrected chi connectivity index (χ2v) is 1.42. The molecule has 3 heteroatoms. The van der Waals surface area contributed by atoms with Crippen LogP contribution in [-0.2, 0) is 5.21 Å². The summed E-state index contributed by atoms with van der Waals surface area (Å²) < 4.78 is 0. The van der Waals surface area contributed by atoms with Gasteiger partial charge in [0.05, 0.1) is 12.4 Å². The van der Waals surface area contributed by atoms with Gasteiger partial charge in [-0.15, -0.1) is 10.3 Å². The number of hydrogen-bond donors (Lipinski definition) is 0. The molecule has 0 bridgehead atoms. The highest BCUT2D eigenvalue weighted by Gasteiger charge is 1.86. The first-order valence-corrected chi connectivity index (χ1v) is 1.98. The zero-order valence-corrected chi connectivity index (χ0v) is 3.96. The maximum Gasteiger partial charge on any atom is 0.0745 e. The van der Waals surface area contributed by atoms with Crippen LogP contribution < -0.4 is 0 Å². The summed E-state index contributed by atoms with van der Waals surface area (Å²) in [5.41, 5.74) is 0.898. The maximum absolute atomic E-state index is 10.1. The van der Waals surface area contributed by atoms with Gasteiger partial charge in [-0.05, 0) is 12.5 Å². The third-order valence-electron chi connectivity index (χ3n) is 0.689. The largest absolute Gasteiger partial charge is 0.147 e. The first-order valence-electron chi connectivity index (χ1n) is 1.98. The summed E-state index contributed by atoms with van der Waals surface area (Å²) in [7, 11) is 0. The van der Waals surface area contributed by atoms with Crippen molar-refractivity contribution in [3.05, 3.63) is 18.0 Å². The van der Waals surface area contributed by atoms with E-state index in [4.69, 9.17) is 0 Å². The Balaban J connectivity index is 3.04. The Morgan fingerprint density at radius 2 is 2.57 bits per heavy atom. The van der Waals surface area contributed by atoms with Gasteiger partial charge in [-0.3, -0.25) is 0 Å². The van der Waals surface area contributed by atoms with Crippen LogP contribution in [0.4, 0.5) is 0 Å². The Labute approximate surface area is 41.2 Å². The van der Waals surface area contributed by atoms with Crippen molar-refractivity contribution in [2.45, 2.75) is 6.92 Å². The lowest BCUT2D eigenvalue weighted by Gasteiger charge is -1.70. The van der Waals surface area contributed by atoms with Crippen molar-refractivity contribution in [2.24, 2.45) is 0 Å². The molecule has 0 spiro atoms. The molecule has 1 aromatic heterocycles. The average Bonchev–Trinajstić information content (AvgIpc) is 1.87. The van der Waals surface area contributed by atoms with E-state index in [0.29, 0.717) is 4.85 Å². The monoisotopic (exact) mass is 97.0 g/mol. The van der Waals surface area contributed by atoms with Crippen LogP contribution in [0.15, 0.2) is 12.4 Å². The molecular formula is C4H5N2O. The standard InChI is InChI=1S/C4H5N2O/c1-4-2-5-6(7)3-4/h2-3H,1H3. The highest BCUT2D eigenvalue weighted by atomic mass is 16.5. The normalized spacial score (nSPS) is 9.29. The van der Waals surface area contributed by atoms with E-state index in [0.717, 1.165) is 5.56 Å². The van der Waals surface area contributed by atoms with Crippen molar-refractivity contribution in [2.75, 3.05) is 0 Å². The number of hydrogen-bond acceptors (Lipinski definition) is 1. The van der Waals surface area contributed by atoms with E-state index in [2.05, 4.69) is 5.10 Å². The quantitative estimate of drug-likeness (QED) is 0.461. The van der Waals surface area contributed by atoms with Crippen LogP contribution >= 0.6 is 0 Å². The average molecular weight is 97.1 g/mol. The minimum atomic E-state index is 0.537. The Hall–Kier alpha value is -0.990.